The van der Waals surface area contributed by atoms with Crippen LogP contribution in [-0.2, 0) is 16.0 Å². The van der Waals surface area contributed by atoms with Crippen molar-refractivity contribution in [1.82, 2.24) is 15.0 Å². The van der Waals surface area contributed by atoms with Gasteiger partial charge in [0.2, 0.25) is 5.78 Å². The van der Waals surface area contributed by atoms with Gasteiger partial charge >= 0.3 is 5.97 Å². The maximum atomic E-state index is 12.7. The minimum Gasteiger partial charge on any atom is -0.454 e. The number of esters is 1. The molecule has 0 saturated carbocycles. The number of aryl methyl sites for hydroxylation is 3. The standard InChI is InChI=1S/C21H27N3O4S/c1-10-18(14(5)25)13(4)22-19(10)20(27)15(6)28-17(26)9-8-16-11(2)23-21(29-7)24-12(16)3/h15,22H,8-9H2,1-7H3. The third kappa shape index (κ3) is 5.12. The molecule has 1 unspecified atom stereocenters. The van der Waals surface area contributed by atoms with Crippen molar-refractivity contribution in [2.75, 3.05) is 6.26 Å². The molecule has 0 aliphatic rings. The SMILES string of the molecule is CSc1nc(C)c(CCC(=O)OC(C)C(=O)c2[nH]c(C)c(C(C)=O)c2C)c(C)n1. The number of carbonyl (C=O) groups excluding carboxylic acids is 3. The van der Waals surface area contributed by atoms with Crippen molar-refractivity contribution in [2.24, 2.45) is 0 Å². The lowest BCUT2D eigenvalue weighted by Crippen LogP contribution is -2.25. The van der Waals surface area contributed by atoms with Crippen LogP contribution in [0, 0.1) is 27.7 Å². The van der Waals surface area contributed by atoms with Crippen molar-refractivity contribution in [3.05, 3.63) is 39.5 Å². The predicted molar refractivity (Wildman–Crippen MR) is 112 cm³/mol. The first-order valence-electron chi connectivity index (χ1n) is 9.38. The van der Waals surface area contributed by atoms with E-state index in [1.807, 2.05) is 20.1 Å². The molecule has 2 aromatic rings. The summed E-state index contributed by atoms with van der Waals surface area (Å²) in [5.74, 6) is -0.932. The van der Waals surface area contributed by atoms with E-state index in [1.54, 1.807) is 13.8 Å². The molecular formula is C21H27N3O4S. The van der Waals surface area contributed by atoms with Crippen molar-refractivity contribution >= 4 is 29.3 Å². The van der Waals surface area contributed by atoms with Gasteiger partial charge < -0.3 is 9.72 Å². The number of ether oxygens (including phenoxy) is 1. The molecule has 1 N–H and O–H groups in total. The lowest BCUT2D eigenvalue weighted by Gasteiger charge is -2.13. The Hall–Kier alpha value is -2.48. The van der Waals surface area contributed by atoms with Crippen LogP contribution >= 0.6 is 11.8 Å². The van der Waals surface area contributed by atoms with Crippen LogP contribution in [0.3, 0.4) is 0 Å². The summed E-state index contributed by atoms with van der Waals surface area (Å²) in [6, 6.07) is 0. The average Bonchev–Trinajstić information content (AvgIpc) is 2.94. The van der Waals surface area contributed by atoms with E-state index in [0.29, 0.717) is 34.1 Å². The molecule has 0 radical (unpaired) electrons. The second-order valence-electron chi connectivity index (χ2n) is 7.04. The Morgan fingerprint density at radius 1 is 1.10 bits per heavy atom. The van der Waals surface area contributed by atoms with Crippen LogP contribution in [0.25, 0.3) is 0 Å². The molecule has 1 atom stereocenters. The molecular weight excluding hydrogens is 390 g/mol. The molecule has 0 aromatic carbocycles. The molecule has 2 heterocycles. The molecule has 2 aromatic heterocycles. The van der Waals surface area contributed by atoms with Crippen molar-refractivity contribution in [3.63, 3.8) is 0 Å². The van der Waals surface area contributed by atoms with Gasteiger partial charge in [0, 0.05) is 29.1 Å². The molecule has 156 valence electrons. The first-order chi connectivity index (χ1) is 13.6. The third-order valence-corrected chi connectivity index (χ3v) is 5.42. The molecule has 0 fully saturated rings. The second kappa shape index (κ2) is 9.35. The molecule has 29 heavy (non-hydrogen) atoms. The highest BCUT2D eigenvalue weighted by atomic mass is 32.2. The highest BCUT2D eigenvalue weighted by molar-refractivity contribution is 7.98. The van der Waals surface area contributed by atoms with E-state index >= 15 is 0 Å². The van der Waals surface area contributed by atoms with E-state index in [9.17, 15) is 14.4 Å². The molecule has 7 nitrogen and oxygen atoms in total. The number of nitrogens with one attached hydrogen (secondary N) is 1. The molecule has 0 aliphatic heterocycles. The van der Waals surface area contributed by atoms with Crippen molar-refractivity contribution in [1.29, 1.82) is 0 Å². The zero-order chi connectivity index (χ0) is 21.9. The fraction of sp³-hybridized carbons (Fsp3) is 0.476. The van der Waals surface area contributed by atoms with E-state index in [2.05, 4.69) is 15.0 Å². The minimum atomic E-state index is -0.948. The molecule has 0 spiro atoms. The van der Waals surface area contributed by atoms with Crippen LogP contribution in [0.15, 0.2) is 5.16 Å². The summed E-state index contributed by atoms with van der Waals surface area (Å²) in [5, 5.41) is 0.701. The Kier molecular flexibility index (Phi) is 7.35. The summed E-state index contributed by atoms with van der Waals surface area (Å²) >= 11 is 1.47. The van der Waals surface area contributed by atoms with E-state index in [4.69, 9.17) is 4.74 Å². The van der Waals surface area contributed by atoms with Crippen LogP contribution in [0.4, 0.5) is 0 Å². The number of aromatic nitrogens is 3. The number of hydrogen-bond donors (Lipinski definition) is 1. The Balaban J connectivity index is 2.04. The first-order valence-corrected chi connectivity index (χ1v) is 10.6. The van der Waals surface area contributed by atoms with E-state index in [0.717, 1.165) is 17.0 Å². The summed E-state index contributed by atoms with van der Waals surface area (Å²) in [4.78, 5) is 48.5. The first kappa shape index (κ1) is 22.8. The number of hydrogen-bond acceptors (Lipinski definition) is 7. The van der Waals surface area contributed by atoms with E-state index in [-0.39, 0.29) is 18.0 Å². The van der Waals surface area contributed by atoms with Crippen LogP contribution in [0.2, 0.25) is 0 Å². The fourth-order valence-corrected chi connectivity index (χ4v) is 3.88. The smallest absolute Gasteiger partial charge is 0.306 e. The fourth-order valence-electron chi connectivity index (χ4n) is 3.43. The number of Topliss-reactive ketones (excluding diaryl/α,β-unsaturated/α-hetero) is 2. The van der Waals surface area contributed by atoms with Crippen LogP contribution in [0.5, 0.6) is 0 Å². The van der Waals surface area contributed by atoms with Gasteiger partial charge in [-0.1, -0.05) is 11.8 Å². The Bertz CT molecular complexity index is 942. The van der Waals surface area contributed by atoms with Gasteiger partial charge in [0.1, 0.15) is 0 Å². The van der Waals surface area contributed by atoms with Crippen molar-refractivity contribution in [3.8, 4) is 0 Å². The summed E-state index contributed by atoms with van der Waals surface area (Å²) < 4.78 is 5.34. The maximum Gasteiger partial charge on any atom is 0.306 e. The Labute approximate surface area is 175 Å². The summed E-state index contributed by atoms with van der Waals surface area (Å²) in [6.45, 7) is 10.2. The van der Waals surface area contributed by atoms with Crippen molar-refractivity contribution in [2.45, 2.75) is 65.6 Å². The molecule has 0 aliphatic carbocycles. The normalized spacial score (nSPS) is 12.0. The number of aromatic amines is 1. The molecule has 0 saturated heterocycles. The van der Waals surface area contributed by atoms with Gasteiger partial charge in [0.05, 0.1) is 5.69 Å². The number of nitrogens with zero attached hydrogens (tertiary/aromatic N) is 2. The Morgan fingerprint density at radius 2 is 1.69 bits per heavy atom. The van der Waals surface area contributed by atoms with E-state index < -0.39 is 12.1 Å². The number of H-pyrrole nitrogens is 1. The number of ketones is 2. The van der Waals surface area contributed by atoms with Crippen molar-refractivity contribution < 1.29 is 19.1 Å². The van der Waals surface area contributed by atoms with Gasteiger partial charge in [-0.15, -0.1) is 0 Å². The topological polar surface area (TPSA) is 102 Å². The van der Waals surface area contributed by atoms with Gasteiger partial charge in [0.15, 0.2) is 17.0 Å². The van der Waals surface area contributed by atoms with Crippen LogP contribution < -0.4 is 0 Å². The number of carbonyl (C=O) groups is 3. The summed E-state index contributed by atoms with van der Waals surface area (Å²) in [6.07, 6.45) is 1.54. The number of rotatable bonds is 8. The highest BCUT2D eigenvalue weighted by Crippen LogP contribution is 2.21. The van der Waals surface area contributed by atoms with Gasteiger partial charge in [-0.2, -0.15) is 0 Å². The highest BCUT2D eigenvalue weighted by Gasteiger charge is 2.26. The zero-order valence-corrected chi connectivity index (χ0v) is 18.7. The molecule has 8 heteroatoms. The van der Waals surface area contributed by atoms with Gasteiger partial charge in [0.25, 0.3) is 0 Å². The lowest BCUT2D eigenvalue weighted by atomic mass is 10.0. The largest absolute Gasteiger partial charge is 0.454 e. The monoisotopic (exact) mass is 417 g/mol. The second-order valence-corrected chi connectivity index (χ2v) is 7.81. The average molecular weight is 418 g/mol. The van der Waals surface area contributed by atoms with Gasteiger partial charge in [-0.3, -0.25) is 14.4 Å². The Morgan fingerprint density at radius 3 is 2.17 bits per heavy atom. The van der Waals surface area contributed by atoms with Crippen LogP contribution in [-0.4, -0.2) is 44.8 Å². The minimum absolute atomic E-state index is 0.111. The molecule has 0 amide bonds. The molecule has 2 rings (SSSR count). The van der Waals surface area contributed by atoms with E-state index in [1.165, 1.54) is 25.6 Å². The number of thioether (sulfide) groups is 1. The lowest BCUT2D eigenvalue weighted by molar-refractivity contribution is -0.146. The maximum absolute atomic E-state index is 12.7. The summed E-state index contributed by atoms with van der Waals surface area (Å²) in [5.41, 5.74) is 4.63. The van der Waals surface area contributed by atoms with Gasteiger partial charge in [-0.25, -0.2) is 9.97 Å². The van der Waals surface area contributed by atoms with Gasteiger partial charge in [-0.05, 0) is 65.3 Å². The predicted octanol–water partition coefficient (Wildman–Crippen LogP) is 3.71. The van der Waals surface area contributed by atoms with Crippen LogP contribution in [0.1, 0.15) is 69.3 Å². The molecule has 0 bridgehead atoms. The zero-order valence-electron chi connectivity index (χ0n) is 17.9. The quantitative estimate of drug-likeness (QED) is 0.302. The third-order valence-electron chi connectivity index (χ3n) is 4.88. The summed E-state index contributed by atoms with van der Waals surface area (Å²) in [7, 11) is 0.